The van der Waals surface area contributed by atoms with Crippen LogP contribution in [0.15, 0.2) is 24.3 Å². The molecule has 2 amide bonds. The number of nitrogens with zero attached hydrogens (tertiary/aromatic N) is 1. The van der Waals surface area contributed by atoms with Gasteiger partial charge in [-0.1, -0.05) is 12.1 Å². The zero-order valence-electron chi connectivity index (χ0n) is 11.7. The zero-order valence-corrected chi connectivity index (χ0v) is 11.7. The van der Waals surface area contributed by atoms with Crippen LogP contribution in [0.4, 0.5) is 10.5 Å². The Morgan fingerprint density at radius 3 is 2.68 bits per heavy atom. The number of nitrogens with two attached hydrogens (primary N) is 1. The van der Waals surface area contributed by atoms with Gasteiger partial charge in [0, 0.05) is 30.7 Å². The molecule has 1 aromatic rings. The normalized spacial score (nSPS) is 19.5. The first-order valence-corrected chi connectivity index (χ1v) is 6.97. The molecule has 1 aliphatic rings. The van der Waals surface area contributed by atoms with Crippen molar-refractivity contribution in [1.82, 2.24) is 10.2 Å². The highest BCUT2D eigenvalue weighted by Gasteiger charge is 2.24. The summed E-state index contributed by atoms with van der Waals surface area (Å²) in [7, 11) is 0. The number of benzene rings is 1. The molecule has 4 nitrogen and oxygen atoms in total. The third kappa shape index (κ3) is 3.63. The van der Waals surface area contributed by atoms with Crippen LogP contribution in [-0.2, 0) is 0 Å². The van der Waals surface area contributed by atoms with Gasteiger partial charge < -0.3 is 16.0 Å². The number of likely N-dealkylation sites (tertiary alicyclic amines) is 1. The minimum atomic E-state index is 0.0511. The lowest BCUT2D eigenvalue weighted by Gasteiger charge is -2.33. The Kier molecular flexibility index (Phi) is 4.30. The maximum absolute atomic E-state index is 12.0. The summed E-state index contributed by atoms with van der Waals surface area (Å²) in [6, 6.07) is 8.25. The van der Waals surface area contributed by atoms with Crippen LogP contribution < -0.4 is 11.1 Å². The Balaban J connectivity index is 2.00. The van der Waals surface area contributed by atoms with E-state index in [-0.39, 0.29) is 12.1 Å². The van der Waals surface area contributed by atoms with Crippen molar-refractivity contribution in [3.8, 4) is 0 Å². The van der Waals surface area contributed by atoms with E-state index >= 15 is 0 Å². The summed E-state index contributed by atoms with van der Waals surface area (Å²) >= 11 is 0. The van der Waals surface area contributed by atoms with Crippen molar-refractivity contribution in [2.24, 2.45) is 0 Å². The SMILES string of the molecule is CC(C)NC(=O)N1CCCC(c2ccc(N)cc2)C1. The number of urea groups is 1. The van der Waals surface area contributed by atoms with Crippen LogP contribution in [0.2, 0.25) is 0 Å². The molecule has 0 saturated carbocycles. The Morgan fingerprint density at radius 1 is 1.37 bits per heavy atom. The Hall–Kier alpha value is -1.71. The Morgan fingerprint density at radius 2 is 2.05 bits per heavy atom. The van der Waals surface area contributed by atoms with Gasteiger partial charge in [0.1, 0.15) is 0 Å². The van der Waals surface area contributed by atoms with Gasteiger partial charge in [0.15, 0.2) is 0 Å². The first-order valence-electron chi connectivity index (χ1n) is 6.97. The van der Waals surface area contributed by atoms with Gasteiger partial charge in [-0.25, -0.2) is 4.79 Å². The van der Waals surface area contributed by atoms with E-state index < -0.39 is 0 Å². The third-order valence-corrected chi connectivity index (χ3v) is 3.53. The van der Waals surface area contributed by atoms with E-state index in [9.17, 15) is 4.79 Å². The molecular weight excluding hydrogens is 238 g/mol. The van der Waals surface area contributed by atoms with Crippen molar-refractivity contribution in [2.75, 3.05) is 18.8 Å². The van der Waals surface area contributed by atoms with Crippen molar-refractivity contribution >= 4 is 11.7 Å². The number of amides is 2. The fraction of sp³-hybridized carbons (Fsp3) is 0.533. The van der Waals surface area contributed by atoms with Gasteiger partial charge in [0.05, 0.1) is 0 Å². The molecule has 0 bridgehead atoms. The molecule has 1 aliphatic heterocycles. The number of nitrogen functional groups attached to an aromatic ring is 1. The van der Waals surface area contributed by atoms with Crippen molar-refractivity contribution in [1.29, 1.82) is 0 Å². The molecule has 2 rings (SSSR count). The van der Waals surface area contributed by atoms with Crippen LogP contribution in [0, 0.1) is 0 Å². The highest BCUT2D eigenvalue weighted by Crippen LogP contribution is 2.27. The molecule has 0 aromatic heterocycles. The van der Waals surface area contributed by atoms with Crippen LogP contribution in [0.5, 0.6) is 0 Å². The molecule has 0 radical (unpaired) electrons. The standard InChI is InChI=1S/C15H23N3O/c1-11(2)17-15(19)18-9-3-4-13(10-18)12-5-7-14(16)8-6-12/h5-8,11,13H,3-4,9-10,16H2,1-2H3,(H,17,19). The van der Waals surface area contributed by atoms with Crippen molar-refractivity contribution < 1.29 is 4.79 Å². The summed E-state index contributed by atoms with van der Waals surface area (Å²) in [5.74, 6) is 0.423. The van der Waals surface area contributed by atoms with Gasteiger partial charge in [-0.3, -0.25) is 0 Å². The lowest BCUT2D eigenvalue weighted by molar-refractivity contribution is 0.177. The third-order valence-electron chi connectivity index (χ3n) is 3.53. The topological polar surface area (TPSA) is 58.4 Å². The van der Waals surface area contributed by atoms with E-state index in [0.717, 1.165) is 31.6 Å². The maximum atomic E-state index is 12.0. The minimum absolute atomic E-state index is 0.0511. The fourth-order valence-electron chi connectivity index (χ4n) is 2.54. The molecule has 1 unspecified atom stereocenters. The first-order chi connectivity index (χ1) is 9.06. The molecule has 1 atom stereocenters. The Bertz CT molecular complexity index is 428. The lowest BCUT2D eigenvalue weighted by atomic mass is 9.90. The number of anilines is 1. The van der Waals surface area contributed by atoms with E-state index in [0.29, 0.717) is 5.92 Å². The highest BCUT2D eigenvalue weighted by molar-refractivity contribution is 5.74. The van der Waals surface area contributed by atoms with Gasteiger partial charge in [-0.05, 0) is 44.4 Å². The predicted octanol–water partition coefficient (Wildman–Crippen LogP) is 2.57. The van der Waals surface area contributed by atoms with Crippen LogP contribution in [0.1, 0.15) is 38.2 Å². The number of hydrogen-bond acceptors (Lipinski definition) is 2. The van der Waals surface area contributed by atoms with Crippen LogP contribution >= 0.6 is 0 Å². The minimum Gasteiger partial charge on any atom is -0.399 e. The average molecular weight is 261 g/mol. The second-order valence-electron chi connectivity index (χ2n) is 5.56. The number of nitrogens with one attached hydrogen (secondary N) is 1. The number of hydrogen-bond donors (Lipinski definition) is 2. The average Bonchev–Trinajstić information content (AvgIpc) is 2.39. The molecule has 0 spiro atoms. The molecule has 3 N–H and O–H groups in total. The van der Waals surface area contributed by atoms with Crippen molar-refractivity contribution in [3.05, 3.63) is 29.8 Å². The summed E-state index contributed by atoms with van der Waals surface area (Å²) in [4.78, 5) is 14.0. The van der Waals surface area contributed by atoms with E-state index in [1.165, 1.54) is 5.56 Å². The van der Waals surface area contributed by atoms with Crippen molar-refractivity contribution in [3.63, 3.8) is 0 Å². The van der Waals surface area contributed by atoms with Crippen LogP contribution in [0.25, 0.3) is 0 Å². The zero-order chi connectivity index (χ0) is 13.8. The molecular formula is C15H23N3O. The molecule has 19 heavy (non-hydrogen) atoms. The van der Waals surface area contributed by atoms with Crippen LogP contribution in [0.3, 0.4) is 0 Å². The molecule has 1 heterocycles. The van der Waals surface area contributed by atoms with E-state index in [4.69, 9.17) is 5.73 Å². The fourth-order valence-corrected chi connectivity index (χ4v) is 2.54. The molecule has 1 aromatic carbocycles. The first kappa shape index (κ1) is 13.7. The lowest BCUT2D eigenvalue weighted by Crippen LogP contribution is -2.46. The second kappa shape index (κ2) is 5.95. The number of carbonyl (C=O) groups is 1. The molecule has 104 valence electrons. The molecule has 0 aliphatic carbocycles. The number of rotatable bonds is 2. The van der Waals surface area contributed by atoms with E-state index in [2.05, 4.69) is 17.4 Å². The van der Waals surface area contributed by atoms with Gasteiger partial charge in [-0.15, -0.1) is 0 Å². The maximum Gasteiger partial charge on any atom is 0.317 e. The molecule has 4 heteroatoms. The smallest absolute Gasteiger partial charge is 0.317 e. The molecule has 1 saturated heterocycles. The van der Waals surface area contributed by atoms with Crippen LogP contribution in [-0.4, -0.2) is 30.1 Å². The second-order valence-corrected chi connectivity index (χ2v) is 5.56. The van der Waals surface area contributed by atoms with Gasteiger partial charge in [0.2, 0.25) is 0 Å². The van der Waals surface area contributed by atoms with Gasteiger partial charge >= 0.3 is 6.03 Å². The summed E-state index contributed by atoms with van der Waals surface area (Å²) < 4.78 is 0. The monoisotopic (exact) mass is 261 g/mol. The van der Waals surface area contributed by atoms with E-state index in [1.807, 2.05) is 30.9 Å². The summed E-state index contributed by atoms with van der Waals surface area (Å²) in [5, 5.41) is 2.96. The predicted molar refractivity (Wildman–Crippen MR) is 78.1 cm³/mol. The number of piperidine rings is 1. The number of carbonyl (C=O) groups excluding carboxylic acids is 1. The largest absolute Gasteiger partial charge is 0.399 e. The highest BCUT2D eigenvalue weighted by atomic mass is 16.2. The van der Waals surface area contributed by atoms with Crippen molar-refractivity contribution in [2.45, 2.75) is 38.6 Å². The van der Waals surface area contributed by atoms with E-state index in [1.54, 1.807) is 0 Å². The van der Waals surface area contributed by atoms with Gasteiger partial charge in [0.25, 0.3) is 0 Å². The molecule has 1 fully saturated rings. The Labute approximate surface area is 115 Å². The summed E-state index contributed by atoms with van der Waals surface area (Å²) in [6.07, 6.45) is 2.19. The quantitative estimate of drug-likeness (QED) is 0.804. The summed E-state index contributed by atoms with van der Waals surface area (Å²) in [6.45, 7) is 5.62. The summed E-state index contributed by atoms with van der Waals surface area (Å²) in [5.41, 5.74) is 7.77. The van der Waals surface area contributed by atoms with Gasteiger partial charge in [-0.2, -0.15) is 0 Å².